The number of hydrogen-bond donors (Lipinski definition) is 1. The van der Waals surface area contributed by atoms with Crippen LogP contribution in [0.1, 0.15) is 13.3 Å². The Balaban J connectivity index is 1.97. The number of nitrogens with one attached hydrogen (secondary N) is 1. The number of ether oxygens (including phenoxy) is 2. The van der Waals surface area contributed by atoms with Crippen molar-refractivity contribution in [2.45, 2.75) is 19.6 Å². The highest BCUT2D eigenvalue weighted by molar-refractivity contribution is 7.22. The lowest BCUT2D eigenvalue weighted by molar-refractivity contribution is -0.286. The molecular formula is C11H8F2N2O3S. The van der Waals surface area contributed by atoms with E-state index in [0.717, 1.165) is 0 Å². The summed E-state index contributed by atoms with van der Waals surface area (Å²) in [6, 6.07) is 2.79. The second-order valence-electron chi connectivity index (χ2n) is 3.85. The zero-order chi connectivity index (χ0) is 13.6. The van der Waals surface area contributed by atoms with Gasteiger partial charge in [-0.05, 0) is 0 Å². The Morgan fingerprint density at radius 1 is 1.42 bits per heavy atom. The molecule has 1 aromatic heterocycles. The van der Waals surface area contributed by atoms with Gasteiger partial charge in [-0.25, -0.2) is 4.98 Å². The van der Waals surface area contributed by atoms with Crippen LogP contribution in [0.4, 0.5) is 13.9 Å². The highest BCUT2D eigenvalue weighted by Gasteiger charge is 2.43. The lowest BCUT2D eigenvalue weighted by atomic mass is 10.3. The third kappa shape index (κ3) is 2.19. The van der Waals surface area contributed by atoms with Crippen molar-refractivity contribution in [3.05, 3.63) is 12.1 Å². The average Bonchev–Trinajstić information content (AvgIpc) is 2.82. The van der Waals surface area contributed by atoms with Gasteiger partial charge in [0, 0.05) is 18.6 Å². The summed E-state index contributed by atoms with van der Waals surface area (Å²) in [5, 5.41) is 3.03. The number of hydrogen-bond acceptors (Lipinski definition) is 5. The molecule has 0 unspecified atom stereocenters. The number of amides is 1. The number of alkyl halides is 2. The summed E-state index contributed by atoms with van der Waals surface area (Å²) in [6.07, 6.45) is -3.30. The summed E-state index contributed by atoms with van der Waals surface area (Å²) in [7, 11) is 0. The van der Waals surface area contributed by atoms with Gasteiger partial charge in [-0.1, -0.05) is 18.3 Å². The average molecular weight is 286 g/mol. The first-order valence-electron chi connectivity index (χ1n) is 5.47. The molecule has 0 atom stereocenters. The van der Waals surface area contributed by atoms with Crippen molar-refractivity contribution in [1.29, 1.82) is 0 Å². The number of thiazole rings is 1. The van der Waals surface area contributed by atoms with Gasteiger partial charge in [0.15, 0.2) is 16.6 Å². The van der Waals surface area contributed by atoms with Gasteiger partial charge >= 0.3 is 6.29 Å². The number of fused-ring (bicyclic) bond motifs is 2. The Hall–Kier alpha value is -1.96. The van der Waals surface area contributed by atoms with Crippen LogP contribution in [-0.2, 0) is 4.79 Å². The van der Waals surface area contributed by atoms with Crippen molar-refractivity contribution in [3.63, 3.8) is 0 Å². The fourth-order valence-corrected chi connectivity index (χ4v) is 2.53. The molecule has 100 valence electrons. The number of anilines is 1. The zero-order valence-corrected chi connectivity index (χ0v) is 10.5. The van der Waals surface area contributed by atoms with Crippen LogP contribution in [-0.4, -0.2) is 17.2 Å². The van der Waals surface area contributed by atoms with E-state index >= 15 is 0 Å². The van der Waals surface area contributed by atoms with Crippen molar-refractivity contribution >= 4 is 32.6 Å². The van der Waals surface area contributed by atoms with Gasteiger partial charge < -0.3 is 14.8 Å². The van der Waals surface area contributed by atoms with Crippen molar-refractivity contribution in [3.8, 4) is 11.5 Å². The van der Waals surface area contributed by atoms with Gasteiger partial charge in [-0.2, -0.15) is 0 Å². The molecule has 1 aromatic carbocycles. The topological polar surface area (TPSA) is 60.5 Å². The predicted octanol–water partition coefficient (Wildman–Crippen LogP) is 2.97. The van der Waals surface area contributed by atoms with Gasteiger partial charge in [-0.15, -0.1) is 8.78 Å². The number of aromatic nitrogens is 1. The first-order chi connectivity index (χ1) is 8.97. The second-order valence-corrected chi connectivity index (χ2v) is 4.89. The molecule has 0 spiro atoms. The maximum absolute atomic E-state index is 12.9. The van der Waals surface area contributed by atoms with Crippen molar-refractivity contribution in [1.82, 2.24) is 4.98 Å². The van der Waals surface area contributed by atoms with Crippen molar-refractivity contribution in [2.24, 2.45) is 0 Å². The highest BCUT2D eigenvalue weighted by Crippen LogP contribution is 2.44. The van der Waals surface area contributed by atoms with Gasteiger partial charge in [-0.3, -0.25) is 4.79 Å². The van der Waals surface area contributed by atoms with Gasteiger partial charge in [0.1, 0.15) is 0 Å². The molecule has 0 fully saturated rings. The summed E-state index contributed by atoms with van der Waals surface area (Å²) in [5.41, 5.74) is 0.469. The standard InChI is InChI=1S/C11H8F2N2O3S/c1-2-9(16)15-10-14-5-3-6-7(4-8(5)19-10)18-11(12,13)17-6/h3-4H,2H2,1H3,(H,14,15,16). The fraction of sp³-hybridized carbons (Fsp3) is 0.273. The molecule has 1 aliphatic heterocycles. The molecule has 5 nitrogen and oxygen atoms in total. The van der Waals surface area contributed by atoms with E-state index in [1.54, 1.807) is 6.92 Å². The molecule has 8 heteroatoms. The summed E-state index contributed by atoms with van der Waals surface area (Å²) in [5.74, 6) is -0.253. The van der Waals surface area contributed by atoms with Crippen molar-refractivity contribution in [2.75, 3.05) is 5.32 Å². The molecular weight excluding hydrogens is 278 g/mol. The second kappa shape index (κ2) is 4.02. The molecule has 2 aromatic rings. The van der Waals surface area contributed by atoms with E-state index in [1.807, 2.05) is 0 Å². The quantitative estimate of drug-likeness (QED) is 0.922. The van der Waals surface area contributed by atoms with E-state index in [2.05, 4.69) is 19.8 Å². The highest BCUT2D eigenvalue weighted by atomic mass is 32.1. The molecule has 0 aliphatic carbocycles. The molecule has 0 bridgehead atoms. The Morgan fingerprint density at radius 2 is 2.11 bits per heavy atom. The van der Waals surface area contributed by atoms with Crippen molar-refractivity contribution < 1.29 is 23.0 Å². The minimum atomic E-state index is -3.63. The Bertz CT molecular complexity index is 626. The molecule has 2 heterocycles. The zero-order valence-electron chi connectivity index (χ0n) is 9.70. The fourth-order valence-electron chi connectivity index (χ4n) is 1.63. The van der Waals surface area contributed by atoms with Crippen LogP contribution in [0.3, 0.4) is 0 Å². The Labute approximate surface area is 110 Å². The molecule has 0 saturated heterocycles. The largest absolute Gasteiger partial charge is 0.586 e. The van der Waals surface area contributed by atoms with Crippen LogP contribution in [0.5, 0.6) is 11.5 Å². The number of nitrogens with zero attached hydrogens (tertiary/aromatic N) is 1. The molecule has 1 amide bonds. The van der Waals surface area contributed by atoms with Crippen LogP contribution in [0, 0.1) is 0 Å². The van der Waals surface area contributed by atoms with Crippen LogP contribution in [0.15, 0.2) is 12.1 Å². The van der Waals surface area contributed by atoms with E-state index in [0.29, 0.717) is 21.8 Å². The van der Waals surface area contributed by atoms with Crippen LogP contribution in [0.25, 0.3) is 10.2 Å². The number of carbonyl (C=O) groups is 1. The molecule has 1 aliphatic rings. The van der Waals surface area contributed by atoms with Gasteiger partial charge in [0.05, 0.1) is 10.2 Å². The third-order valence-electron chi connectivity index (χ3n) is 2.48. The Morgan fingerprint density at radius 3 is 2.79 bits per heavy atom. The minimum Gasteiger partial charge on any atom is -0.395 e. The molecule has 1 N–H and O–H groups in total. The molecule has 19 heavy (non-hydrogen) atoms. The summed E-state index contributed by atoms with van der Waals surface area (Å²) >= 11 is 1.18. The van der Waals surface area contributed by atoms with E-state index in [9.17, 15) is 13.6 Å². The van der Waals surface area contributed by atoms with Gasteiger partial charge in [0.25, 0.3) is 0 Å². The van der Waals surface area contributed by atoms with E-state index in [-0.39, 0.29) is 17.4 Å². The van der Waals surface area contributed by atoms with E-state index in [4.69, 9.17) is 0 Å². The third-order valence-corrected chi connectivity index (χ3v) is 3.41. The number of benzene rings is 1. The maximum Gasteiger partial charge on any atom is 0.586 e. The first-order valence-corrected chi connectivity index (χ1v) is 6.29. The molecule has 3 rings (SSSR count). The SMILES string of the molecule is CCC(=O)Nc1nc2cc3c(cc2s1)OC(F)(F)O3. The van der Waals surface area contributed by atoms with E-state index in [1.165, 1.54) is 23.5 Å². The number of carbonyl (C=O) groups excluding carboxylic acids is 1. The van der Waals surface area contributed by atoms with Crippen LogP contribution in [0.2, 0.25) is 0 Å². The monoisotopic (exact) mass is 286 g/mol. The number of halogens is 2. The summed E-state index contributed by atoms with van der Waals surface area (Å²) < 4.78 is 35.1. The summed E-state index contributed by atoms with van der Waals surface area (Å²) in [4.78, 5) is 15.4. The number of rotatable bonds is 2. The normalized spacial score (nSPS) is 15.7. The first kappa shape index (κ1) is 12.1. The Kier molecular flexibility index (Phi) is 2.56. The van der Waals surface area contributed by atoms with Crippen LogP contribution < -0.4 is 14.8 Å². The lowest BCUT2D eigenvalue weighted by Gasteiger charge is -2.04. The van der Waals surface area contributed by atoms with Crippen LogP contribution >= 0.6 is 11.3 Å². The van der Waals surface area contributed by atoms with E-state index < -0.39 is 6.29 Å². The molecule has 0 radical (unpaired) electrons. The summed E-state index contributed by atoms with van der Waals surface area (Å²) in [6.45, 7) is 1.72. The molecule has 0 saturated carbocycles. The maximum atomic E-state index is 12.9. The lowest BCUT2D eigenvalue weighted by Crippen LogP contribution is -2.25. The smallest absolute Gasteiger partial charge is 0.395 e. The predicted molar refractivity (Wildman–Crippen MR) is 64.7 cm³/mol. The minimum absolute atomic E-state index is 0.0329. The van der Waals surface area contributed by atoms with Gasteiger partial charge in [0.2, 0.25) is 5.91 Å².